The minimum Gasteiger partial charge on any atom is -0.497 e. The van der Waals surface area contributed by atoms with E-state index in [9.17, 15) is 10.1 Å². The Labute approximate surface area is 235 Å². The van der Waals surface area contributed by atoms with Crippen molar-refractivity contribution in [1.82, 2.24) is 9.97 Å². The van der Waals surface area contributed by atoms with Gasteiger partial charge in [0, 0.05) is 23.3 Å². The van der Waals surface area contributed by atoms with Gasteiger partial charge in [0.2, 0.25) is 5.91 Å². The van der Waals surface area contributed by atoms with Gasteiger partial charge in [-0.05, 0) is 67.4 Å². The van der Waals surface area contributed by atoms with Crippen LogP contribution in [0.5, 0.6) is 5.75 Å². The van der Waals surface area contributed by atoms with E-state index in [0.29, 0.717) is 21.5 Å². The van der Waals surface area contributed by atoms with Gasteiger partial charge in [-0.25, -0.2) is 9.97 Å². The van der Waals surface area contributed by atoms with Crippen LogP contribution in [0.1, 0.15) is 23.1 Å². The molecule has 3 aromatic carbocycles. The average molecular weight is 551 g/mol. The molecule has 0 saturated carbocycles. The third kappa shape index (κ3) is 6.11. The number of thiazole rings is 1. The zero-order valence-corrected chi connectivity index (χ0v) is 23.5. The van der Waals surface area contributed by atoms with Crippen LogP contribution in [-0.4, -0.2) is 28.7 Å². The summed E-state index contributed by atoms with van der Waals surface area (Å²) in [5.74, 6) is 1.11. The molecule has 0 radical (unpaired) electrons. The maximum Gasteiger partial charge on any atom is 0.226 e. The number of methoxy groups -OCH3 is 1. The molecule has 0 atom stereocenters. The lowest BCUT2D eigenvalue weighted by atomic mass is 9.98. The number of hydrogen-bond acceptors (Lipinski definition) is 7. The number of anilines is 1. The molecule has 0 aliphatic rings. The highest BCUT2D eigenvalue weighted by Gasteiger charge is 2.17. The SMILES string of the molecule is COc1ccc(-c2cc(-c3ccc(C)cc3)c(C#N)c(SCCC(=O)Nc3nc4ccc(C)cc4s3)n2)cc1. The topological polar surface area (TPSA) is 87.9 Å². The minimum absolute atomic E-state index is 0.123. The van der Waals surface area contributed by atoms with Gasteiger partial charge < -0.3 is 10.1 Å². The summed E-state index contributed by atoms with van der Waals surface area (Å²) in [5, 5.41) is 14.2. The van der Waals surface area contributed by atoms with Gasteiger partial charge in [0.25, 0.3) is 0 Å². The molecule has 0 fully saturated rings. The number of aromatic nitrogens is 2. The summed E-state index contributed by atoms with van der Waals surface area (Å²) >= 11 is 2.87. The molecule has 5 rings (SSSR count). The van der Waals surface area contributed by atoms with Gasteiger partial charge in [-0.1, -0.05) is 47.2 Å². The number of nitrogens with one attached hydrogen (secondary N) is 1. The van der Waals surface area contributed by atoms with Crippen LogP contribution in [-0.2, 0) is 4.79 Å². The van der Waals surface area contributed by atoms with Crippen LogP contribution in [0.3, 0.4) is 0 Å². The molecule has 194 valence electrons. The lowest BCUT2D eigenvalue weighted by Gasteiger charge is -2.13. The van der Waals surface area contributed by atoms with Gasteiger partial charge in [0.1, 0.15) is 16.8 Å². The second-order valence-corrected chi connectivity index (χ2v) is 11.2. The van der Waals surface area contributed by atoms with Crippen molar-refractivity contribution < 1.29 is 9.53 Å². The van der Waals surface area contributed by atoms with Crippen LogP contribution in [0.2, 0.25) is 0 Å². The van der Waals surface area contributed by atoms with Crippen molar-refractivity contribution in [2.45, 2.75) is 25.3 Å². The Morgan fingerprint density at radius 2 is 1.69 bits per heavy atom. The maximum atomic E-state index is 12.7. The zero-order valence-electron chi connectivity index (χ0n) is 21.8. The van der Waals surface area contributed by atoms with Gasteiger partial charge in [0.15, 0.2) is 5.13 Å². The average Bonchev–Trinajstić information content (AvgIpc) is 3.34. The van der Waals surface area contributed by atoms with E-state index in [4.69, 9.17) is 9.72 Å². The first-order chi connectivity index (χ1) is 18.9. The Morgan fingerprint density at radius 3 is 2.41 bits per heavy atom. The number of fused-ring (bicyclic) bond motifs is 1. The molecular formula is C31H26N4O2S2. The quantitative estimate of drug-likeness (QED) is 0.200. The van der Waals surface area contributed by atoms with Crippen LogP contribution in [0.15, 0.2) is 77.8 Å². The Hall–Kier alpha value is -4.19. The van der Waals surface area contributed by atoms with Crippen LogP contribution >= 0.6 is 23.1 Å². The molecule has 1 amide bonds. The number of benzene rings is 3. The Bertz CT molecular complexity index is 1690. The van der Waals surface area contributed by atoms with Crippen LogP contribution < -0.4 is 10.1 Å². The first-order valence-corrected chi connectivity index (χ1v) is 14.2. The van der Waals surface area contributed by atoms with Gasteiger partial charge >= 0.3 is 0 Å². The number of pyridine rings is 1. The molecule has 1 N–H and O–H groups in total. The van der Waals surface area contributed by atoms with Crippen molar-refractivity contribution in [3.05, 3.63) is 89.5 Å². The molecule has 0 aliphatic carbocycles. The fraction of sp³-hybridized carbons (Fsp3) is 0.161. The van der Waals surface area contributed by atoms with Crippen molar-refractivity contribution in [3.8, 4) is 34.2 Å². The van der Waals surface area contributed by atoms with Crippen molar-refractivity contribution in [2.75, 3.05) is 18.2 Å². The molecule has 39 heavy (non-hydrogen) atoms. The summed E-state index contributed by atoms with van der Waals surface area (Å²) in [6.07, 6.45) is 0.263. The van der Waals surface area contributed by atoms with E-state index < -0.39 is 0 Å². The number of aryl methyl sites for hydroxylation is 2. The summed E-state index contributed by atoms with van der Waals surface area (Å²) in [7, 11) is 1.63. The molecule has 0 saturated heterocycles. The van der Waals surface area contributed by atoms with Crippen molar-refractivity contribution in [3.63, 3.8) is 0 Å². The van der Waals surface area contributed by atoms with E-state index >= 15 is 0 Å². The maximum absolute atomic E-state index is 12.7. The fourth-order valence-corrected chi connectivity index (χ4v) is 6.04. The largest absolute Gasteiger partial charge is 0.497 e. The number of nitrogens with zero attached hydrogens (tertiary/aromatic N) is 3. The number of hydrogen-bond donors (Lipinski definition) is 1. The van der Waals surface area contributed by atoms with Crippen LogP contribution in [0, 0.1) is 25.2 Å². The summed E-state index contributed by atoms with van der Waals surface area (Å²) in [6, 6.07) is 26.1. The normalized spacial score (nSPS) is 10.8. The molecule has 0 aliphatic heterocycles. The highest BCUT2D eigenvalue weighted by atomic mass is 32.2. The molecular weight excluding hydrogens is 525 g/mol. The van der Waals surface area contributed by atoms with E-state index in [0.717, 1.165) is 49.5 Å². The number of rotatable bonds is 8. The lowest BCUT2D eigenvalue weighted by molar-refractivity contribution is -0.115. The first kappa shape index (κ1) is 26.4. The lowest BCUT2D eigenvalue weighted by Crippen LogP contribution is -2.12. The summed E-state index contributed by atoms with van der Waals surface area (Å²) in [4.78, 5) is 22.1. The highest BCUT2D eigenvalue weighted by Crippen LogP contribution is 2.35. The zero-order chi connectivity index (χ0) is 27.4. The molecule has 6 nitrogen and oxygen atoms in total. The second-order valence-electron chi connectivity index (χ2n) is 9.08. The van der Waals surface area contributed by atoms with E-state index in [1.54, 1.807) is 7.11 Å². The molecule has 2 aromatic heterocycles. The molecule has 0 spiro atoms. The van der Waals surface area contributed by atoms with Gasteiger partial charge in [-0.2, -0.15) is 5.26 Å². The van der Waals surface area contributed by atoms with Crippen molar-refractivity contribution in [1.29, 1.82) is 5.26 Å². The second kappa shape index (κ2) is 11.7. The smallest absolute Gasteiger partial charge is 0.226 e. The number of carbonyl (C=O) groups is 1. The Kier molecular flexibility index (Phi) is 7.92. The fourth-order valence-electron chi connectivity index (χ4n) is 4.11. The molecule has 0 bridgehead atoms. The number of amides is 1. The molecule has 8 heteroatoms. The monoisotopic (exact) mass is 550 g/mol. The van der Waals surface area contributed by atoms with E-state index in [-0.39, 0.29) is 12.3 Å². The van der Waals surface area contributed by atoms with E-state index in [2.05, 4.69) is 22.4 Å². The minimum atomic E-state index is -0.123. The molecule has 5 aromatic rings. The van der Waals surface area contributed by atoms with E-state index in [1.165, 1.54) is 23.1 Å². The number of thioether (sulfide) groups is 1. The van der Waals surface area contributed by atoms with Crippen LogP contribution in [0.25, 0.3) is 32.6 Å². The Morgan fingerprint density at radius 1 is 0.974 bits per heavy atom. The molecule has 2 heterocycles. The number of nitriles is 1. The van der Waals surface area contributed by atoms with Gasteiger partial charge in [-0.15, -0.1) is 11.8 Å². The summed E-state index contributed by atoms with van der Waals surface area (Å²) < 4.78 is 6.34. The predicted octanol–water partition coefficient (Wildman–Crippen LogP) is 7.64. The van der Waals surface area contributed by atoms with Gasteiger partial charge in [-0.3, -0.25) is 4.79 Å². The van der Waals surface area contributed by atoms with Crippen LogP contribution in [0.4, 0.5) is 5.13 Å². The predicted molar refractivity (Wildman–Crippen MR) is 159 cm³/mol. The van der Waals surface area contributed by atoms with E-state index in [1.807, 2.05) is 80.6 Å². The number of ether oxygens (including phenoxy) is 1. The first-order valence-electron chi connectivity index (χ1n) is 12.4. The Balaban J connectivity index is 1.38. The number of carbonyl (C=O) groups excluding carboxylic acids is 1. The standard InChI is InChI=1S/C31H26N4O2S2/c1-19-4-7-21(8-5-19)24-17-27(22-9-11-23(37-3)12-10-22)33-30(25(24)18-32)38-15-14-29(36)35-31-34-26-13-6-20(2)16-28(26)39-31/h4-13,16-17H,14-15H2,1-3H3,(H,34,35,36). The third-order valence-electron chi connectivity index (χ3n) is 6.20. The van der Waals surface area contributed by atoms with Gasteiger partial charge in [0.05, 0.1) is 28.6 Å². The third-order valence-corrected chi connectivity index (χ3v) is 8.12. The van der Waals surface area contributed by atoms with Crippen molar-refractivity contribution in [2.24, 2.45) is 0 Å². The summed E-state index contributed by atoms with van der Waals surface area (Å²) in [5.41, 5.74) is 7.10. The van der Waals surface area contributed by atoms with Crippen molar-refractivity contribution >= 4 is 44.4 Å². The summed E-state index contributed by atoms with van der Waals surface area (Å²) in [6.45, 7) is 4.07. The molecule has 0 unspecified atom stereocenters. The highest BCUT2D eigenvalue weighted by molar-refractivity contribution is 7.99.